The van der Waals surface area contributed by atoms with E-state index in [1.54, 1.807) is 30.6 Å². The lowest BCUT2D eigenvalue weighted by Crippen LogP contribution is -2.60. The van der Waals surface area contributed by atoms with E-state index in [4.69, 9.17) is 9.41 Å². The molecule has 248 valence electrons. The quantitative estimate of drug-likeness (QED) is 0.118. The standard InChI is InChI=1S/C32H41F3N6O3SSi/c1-29(2,3)45(43)40-31(42,22-15-23(16-22)44-46(7,8)30(4,5)6)27-19-36-18-24(38-27)20-12-13-21-17-37-41(25(21)14-20)28-11-9-10-26(39-28)32(33,34)35/h9-14,17-19,22-23,40,42H,15-16H2,1-8H3/t22?,23?,31-,45?/m0/s1. The van der Waals surface area contributed by atoms with Gasteiger partial charge in [0.2, 0.25) is 5.72 Å². The van der Waals surface area contributed by atoms with Crippen LogP contribution in [0.25, 0.3) is 28.0 Å². The summed E-state index contributed by atoms with van der Waals surface area (Å²) >= 11 is -1.64. The van der Waals surface area contributed by atoms with Crippen LogP contribution < -0.4 is 4.72 Å². The van der Waals surface area contributed by atoms with Crippen molar-refractivity contribution in [1.82, 2.24) is 29.5 Å². The topological polar surface area (TPSA) is 121 Å². The van der Waals surface area contributed by atoms with E-state index < -0.39 is 42.0 Å². The van der Waals surface area contributed by atoms with Gasteiger partial charge in [0, 0.05) is 34.3 Å². The Kier molecular flexibility index (Phi) is 8.97. The van der Waals surface area contributed by atoms with Crippen LogP contribution in [-0.2, 0) is 27.7 Å². The number of aromatic nitrogens is 5. The minimum absolute atomic E-state index is 0.0181. The van der Waals surface area contributed by atoms with Crippen LogP contribution in [0.4, 0.5) is 13.2 Å². The van der Waals surface area contributed by atoms with Crippen molar-refractivity contribution in [3.05, 3.63) is 66.4 Å². The maximum absolute atomic E-state index is 13.4. The molecule has 0 bridgehead atoms. The van der Waals surface area contributed by atoms with Crippen molar-refractivity contribution in [2.75, 3.05) is 0 Å². The number of hydrogen-bond acceptors (Lipinski definition) is 8. The van der Waals surface area contributed by atoms with Crippen molar-refractivity contribution in [3.8, 4) is 17.1 Å². The molecule has 0 spiro atoms. The summed E-state index contributed by atoms with van der Waals surface area (Å²) in [6.07, 6.45) is 1.03. The molecule has 3 heterocycles. The first-order valence-corrected chi connectivity index (χ1v) is 19.2. The molecule has 1 aliphatic rings. The fourth-order valence-corrected chi connectivity index (χ4v) is 7.22. The largest absolute Gasteiger partial charge is 0.598 e. The average molecular weight is 675 g/mol. The predicted octanol–water partition coefficient (Wildman–Crippen LogP) is 6.89. The van der Waals surface area contributed by atoms with Crippen LogP contribution in [0.2, 0.25) is 18.1 Å². The summed E-state index contributed by atoms with van der Waals surface area (Å²) in [5.41, 5.74) is -1.03. The third kappa shape index (κ3) is 6.87. The Bertz CT molecular complexity index is 1720. The minimum Gasteiger partial charge on any atom is -0.598 e. The van der Waals surface area contributed by atoms with Gasteiger partial charge in [0.1, 0.15) is 16.1 Å². The highest BCUT2D eigenvalue weighted by Gasteiger charge is 2.53. The van der Waals surface area contributed by atoms with Gasteiger partial charge in [-0.3, -0.25) is 4.98 Å². The summed E-state index contributed by atoms with van der Waals surface area (Å²) in [6.45, 7) is 16.4. The van der Waals surface area contributed by atoms with Gasteiger partial charge in [-0.2, -0.15) is 18.3 Å². The zero-order valence-electron chi connectivity index (χ0n) is 27.3. The number of benzene rings is 1. The Hall–Kier alpha value is -2.88. The van der Waals surface area contributed by atoms with Crippen LogP contribution >= 0.6 is 0 Å². The van der Waals surface area contributed by atoms with E-state index in [0.717, 1.165) is 6.07 Å². The summed E-state index contributed by atoms with van der Waals surface area (Å²) in [7, 11) is -2.04. The first kappa shape index (κ1) is 34.5. The molecule has 1 saturated carbocycles. The highest BCUT2D eigenvalue weighted by Crippen LogP contribution is 2.47. The van der Waals surface area contributed by atoms with Crippen LogP contribution in [0.1, 0.15) is 65.8 Å². The molecule has 4 aromatic rings. The molecule has 1 aromatic carbocycles. The van der Waals surface area contributed by atoms with Gasteiger partial charge in [-0.25, -0.2) is 14.6 Å². The monoisotopic (exact) mass is 674 g/mol. The Morgan fingerprint density at radius 3 is 2.30 bits per heavy atom. The first-order valence-electron chi connectivity index (χ1n) is 15.1. The highest BCUT2D eigenvalue weighted by molar-refractivity contribution is 7.90. The molecule has 0 saturated heterocycles. The van der Waals surface area contributed by atoms with Gasteiger partial charge < -0.3 is 14.1 Å². The van der Waals surface area contributed by atoms with Gasteiger partial charge in [0.05, 0.1) is 29.8 Å². The van der Waals surface area contributed by atoms with Crippen molar-refractivity contribution in [2.45, 2.75) is 95.3 Å². The fraction of sp³-hybridized carbons (Fsp3) is 0.500. The van der Waals surface area contributed by atoms with Crippen molar-refractivity contribution in [3.63, 3.8) is 0 Å². The van der Waals surface area contributed by atoms with Gasteiger partial charge in [0.25, 0.3) is 0 Å². The molecular weight excluding hydrogens is 634 g/mol. The molecule has 1 fully saturated rings. The van der Waals surface area contributed by atoms with Gasteiger partial charge in [-0.1, -0.05) is 39.0 Å². The van der Waals surface area contributed by atoms with Gasteiger partial charge >= 0.3 is 6.18 Å². The lowest BCUT2D eigenvalue weighted by atomic mass is 9.74. The molecule has 1 unspecified atom stereocenters. The smallest absolute Gasteiger partial charge is 0.433 e. The SMILES string of the molecule is CC(C)(C)[S+]([O-])N[C@@](O)(c1cncc(-c2ccc3cnn(-c4cccc(C(F)(F)F)n4)c3c2)n1)C1CC(O[Si](C)(C)C(C)(C)C)C1. The van der Waals surface area contributed by atoms with Gasteiger partial charge in [-0.05, 0) is 69.9 Å². The van der Waals surface area contributed by atoms with E-state index in [0.29, 0.717) is 35.0 Å². The second-order valence-corrected chi connectivity index (χ2v) is 21.1. The molecule has 5 rings (SSSR count). The molecule has 2 N–H and O–H groups in total. The van der Waals surface area contributed by atoms with Crippen LogP contribution in [0, 0.1) is 5.92 Å². The summed E-state index contributed by atoms with van der Waals surface area (Å²) in [6, 6.07) is 8.97. The first-order chi connectivity index (χ1) is 21.2. The molecule has 14 heteroatoms. The second-order valence-electron chi connectivity index (χ2n) is 14.4. The highest BCUT2D eigenvalue weighted by atomic mass is 32.2. The summed E-state index contributed by atoms with van der Waals surface area (Å²) in [5.74, 6) is -0.321. The third-order valence-electron chi connectivity index (χ3n) is 8.89. The lowest BCUT2D eigenvalue weighted by molar-refractivity contribution is -0.141. The van der Waals surface area contributed by atoms with Crippen molar-refractivity contribution < 1.29 is 27.3 Å². The fourth-order valence-electron chi connectivity index (χ4n) is 4.98. The van der Waals surface area contributed by atoms with E-state index in [1.807, 2.05) is 20.8 Å². The van der Waals surface area contributed by atoms with Crippen LogP contribution in [0.3, 0.4) is 0 Å². The number of nitrogens with zero attached hydrogens (tertiary/aromatic N) is 5. The molecule has 9 nitrogen and oxygen atoms in total. The number of rotatable bonds is 8. The molecule has 0 aliphatic heterocycles. The zero-order valence-corrected chi connectivity index (χ0v) is 29.1. The molecule has 0 amide bonds. The zero-order chi connectivity index (χ0) is 33.9. The number of nitrogens with one attached hydrogen (secondary N) is 1. The third-order valence-corrected chi connectivity index (χ3v) is 15.0. The molecule has 1 aliphatic carbocycles. The van der Waals surface area contributed by atoms with E-state index in [1.165, 1.54) is 23.0 Å². The van der Waals surface area contributed by atoms with Gasteiger partial charge in [-0.15, -0.1) is 4.72 Å². The summed E-state index contributed by atoms with van der Waals surface area (Å²) in [4.78, 5) is 13.0. The Balaban J connectivity index is 1.49. The Morgan fingerprint density at radius 1 is 0.978 bits per heavy atom. The number of aliphatic hydroxyl groups is 1. The molecule has 3 aromatic heterocycles. The Labute approximate surface area is 271 Å². The van der Waals surface area contributed by atoms with E-state index >= 15 is 0 Å². The van der Waals surface area contributed by atoms with Crippen molar-refractivity contribution >= 4 is 30.6 Å². The predicted molar refractivity (Wildman–Crippen MR) is 175 cm³/mol. The van der Waals surface area contributed by atoms with E-state index in [9.17, 15) is 22.8 Å². The van der Waals surface area contributed by atoms with Crippen molar-refractivity contribution in [2.24, 2.45) is 5.92 Å². The number of fused-ring (bicyclic) bond motifs is 1. The minimum atomic E-state index is -4.60. The number of alkyl halides is 3. The van der Waals surface area contributed by atoms with Crippen LogP contribution in [0.5, 0.6) is 0 Å². The van der Waals surface area contributed by atoms with Crippen LogP contribution in [0.15, 0.2) is 55.0 Å². The number of halogens is 3. The average Bonchev–Trinajstić information content (AvgIpc) is 3.36. The maximum Gasteiger partial charge on any atom is 0.433 e. The number of hydrogen-bond donors (Lipinski definition) is 2. The molecule has 2 atom stereocenters. The summed E-state index contributed by atoms with van der Waals surface area (Å²) < 4.78 is 63.7. The van der Waals surface area contributed by atoms with E-state index in [2.05, 4.69) is 53.7 Å². The van der Waals surface area contributed by atoms with E-state index in [-0.39, 0.29) is 28.6 Å². The molecule has 0 radical (unpaired) electrons. The lowest BCUT2D eigenvalue weighted by Gasteiger charge is -2.49. The van der Waals surface area contributed by atoms with Crippen molar-refractivity contribution in [1.29, 1.82) is 0 Å². The molecule has 46 heavy (non-hydrogen) atoms. The molecular formula is C32H41F3N6O3SSi. The Morgan fingerprint density at radius 2 is 1.67 bits per heavy atom. The second kappa shape index (κ2) is 12.0. The summed E-state index contributed by atoms with van der Waals surface area (Å²) in [5, 5.41) is 17.2. The normalized spacial score (nSPS) is 19.9. The maximum atomic E-state index is 13.4. The van der Waals surface area contributed by atoms with Crippen LogP contribution in [-0.4, -0.2) is 53.6 Å². The number of pyridine rings is 1. The van der Waals surface area contributed by atoms with Gasteiger partial charge in [0.15, 0.2) is 14.1 Å².